The van der Waals surface area contributed by atoms with Crippen molar-refractivity contribution in [1.82, 2.24) is 24.0 Å². The van der Waals surface area contributed by atoms with E-state index >= 15 is 0 Å². The Morgan fingerprint density at radius 2 is 1.94 bits per heavy atom. The van der Waals surface area contributed by atoms with Crippen LogP contribution in [-0.2, 0) is 6.54 Å². The van der Waals surface area contributed by atoms with Gasteiger partial charge in [0.25, 0.3) is 0 Å². The van der Waals surface area contributed by atoms with Crippen molar-refractivity contribution in [2.75, 3.05) is 25.0 Å². The Labute approximate surface area is 193 Å². The molecule has 4 aromatic rings. The molecule has 33 heavy (non-hydrogen) atoms. The highest BCUT2D eigenvalue weighted by atomic mass is 16.1. The average molecular weight is 441 g/mol. The largest absolute Gasteiger partial charge is 0.340 e. The van der Waals surface area contributed by atoms with Crippen LogP contribution in [0, 0.1) is 12.3 Å². The van der Waals surface area contributed by atoms with Crippen LogP contribution in [0.25, 0.3) is 16.6 Å². The fourth-order valence-corrected chi connectivity index (χ4v) is 3.90. The Balaban J connectivity index is 1.61. The number of nitrogens with zero attached hydrogens (tertiary/aromatic N) is 5. The van der Waals surface area contributed by atoms with Gasteiger partial charge < -0.3 is 10.2 Å². The van der Waals surface area contributed by atoms with Crippen LogP contribution in [0.1, 0.15) is 25.8 Å². The molecule has 0 aliphatic carbocycles. The lowest BCUT2D eigenvalue weighted by atomic mass is 10.2. The molecule has 0 bridgehead atoms. The number of benzene rings is 2. The van der Waals surface area contributed by atoms with E-state index in [-0.39, 0.29) is 5.69 Å². The molecule has 7 nitrogen and oxygen atoms in total. The first kappa shape index (κ1) is 22.3. The van der Waals surface area contributed by atoms with E-state index in [9.17, 15) is 4.79 Å². The van der Waals surface area contributed by atoms with Crippen LogP contribution in [0.15, 0.2) is 66.0 Å². The predicted molar refractivity (Wildman–Crippen MR) is 133 cm³/mol. The van der Waals surface area contributed by atoms with Crippen molar-refractivity contribution >= 4 is 22.4 Å². The number of rotatable bonds is 9. The number of terminal acetylenes is 1. The maximum atomic E-state index is 13.0. The molecule has 0 atom stereocenters. The first-order valence-corrected chi connectivity index (χ1v) is 11.2. The standard InChI is InChI=1S/C26H28N6O/c1-4-20-9-7-10-21(17-20)29-25-23-18-22(11-12-24(23)27-19-28-25)32-16-15-31(26(32)33)14-8-13-30(5-2)6-3/h1,7,9-12,15-19H,5-6,8,13-14H2,2-3H3,(H,27,28,29). The lowest BCUT2D eigenvalue weighted by Crippen LogP contribution is -2.27. The summed E-state index contributed by atoms with van der Waals surface area (Å²) in [7, 11) is 0. The molecule has 2 aromatic heterocycles. The normalized spacial score (nSPS) is 11.1. The van der Waals surface area contributed by atoms with Crippen molar-refractivity contribution in [3.05, 3.63) is 77.2 Å². The number of aromatic nitrogens is 4. The van der Waals surface area contributed by atoms with Crippen molar-refractivity contribution in [3.8, 4) is 18.0 Å². The highest BCUT2D eigenvalue weighted by Crippen LogP contribution is 2.25. The van der Waals surface area contributed by atoms with Crippen molar-refractivity contribution in [2.24, 2.45) is 0 Å². The highest BCUT2D eigenvalue weighted by molar-refractivity contribution is 5.92. The van der Waals surface area contributed by atoms with Crippen LogP contribution in [-0.4, -0.2) is 43.6 Å². The van der Waals surface area contributed by atoms with Crippen LogP contribution in [0.5, 0.6) is 0 Å². The van der Waals surface area contributed by atoms with Crippen molar-refractivity contribution in [2.45, 2.75) is 26.8 Å². The SMILES string of the molecule is C#Cc1cccc(Nc2ncnc3ccc(-n4ccn(CCCN(CC)CC)c4=O)cc23)c1. The molecule has 0 aliphatic heterocycles. The van der Waals surface area contributed by atoms with Crippen molar-refractivity contribution in [3.63, 3.8) is 0 Å². The Kier molecular flexibility index (Phi) is 6.86. The van der Waals surface area contributed by atoms with Gasteiger partial charge in [-0.2, -0.15) is 0 Å². The molecule has 0 radical (unpaired) electrons. The first-order chi connectivity index (χ1) is 16.1. The summed E-state index contributed by atoms with van der Waals surface area (Å²) in [5, 5.41) is 4.15. The van der Waals surface area contributed by atoms with Crippen LogP contribution in [0.3, 0.4) is 0 Å². The van der Waals surface area contributed by atoms with Crippen molar-refractivity contribution in [1.29, 1.82) is 0 Å². The highest BCUT2D eigenvalue weighted by Gasteiger charge is 2.10. The van der Waals surface area contributed by atoms with E-state index in [1.807, 2.05) is 54.9 Å². The molecule has 0 saturated carbocycles. The molecule has 4 rings (SSSR count). The summed E-state index contributed by atoms with van der Waals surface area (Å²) >= 11 is 0. The minimum absolute atomic E-state index is 0.0537. The maximum Gasteiger partial charge on any atom is 0.332 e. The van der Waals surface area contributed by atoms with Gasteiger partial charge in [-0.05, 0) is 62.5 Å². The van der Waals surface area contributed by atoms with Crippen LogP contribution < -0.4 is 11.0 Å². The fraction of sp³-hybridized carbons (Fsp3) is 0.269. The first-order valence-electron chi connectivity index (χ1n) is 11.2. The maximum absolute atomic E-state index is 13.0. The predicted octanol–water partition coefficient (Wildman–Crippen LogP) is 4.04. The number of aryl methyl sites for hydroxylation is 1. The molecule has 168 valence electrons. The van der Waals surface area contributed by atoms with Crippen LogP contribution in [0.4, 0.5) is 11.5 Å². The number of hydrogen-bond acceptors (Lipinski definition) is 5. The summed E-state index contributed by atoms with van der Waals surface area (Å²) in [5.74, 6) is 3.30. The Bertz CT molecular complexity index is 1340. The number of hydrogen-bond donors (Lipinski definition) is 1. The van der Waals surface area contributed by atoms with E-state index in [0.717, 1.165) is 53.9 Å². The van der Waals surface area contributed by atoms with Gasteiger partial charge in [-0.15, -0.1) is 6.42 Å². The second-order valence-corrected chi connectivity index (χ2v) is 7.80. The van der Waals surface area contributed by atoms with Gasteiger partial charge in [0.1, 0.15) is 12.1 Å². The zero-order valence-electron chi connectivity index (χ0n) is 19.0. The van der Waals surface area contributed by atoms with Gasteiger partial charge in [-0.3, -0.25) is 9.13 Å². The lowest BCUT2D eigenvalue weighted by molar-refractivity contribution is 0.292. The Morgan fingerprint density at radius 3 is 2.73 bits per heavy atom. The summed E-state index contributed by atoms with van der Waals surface area (Å²) in [4.78, 5) is 24.2. The molecule has 0 saturated heterocycles. The fourth-order valence-electron chi connectivity index (χ4n) is 3.90. The molecule has 0 amide bonds. The molecule has 1 N–H and O–H groups in total. The Hall–Kier alpha value is -3.89. The molecule has 0 spiro atoms. The number of nitrogens with one attached hydrogen (secondary N) is 1. The van der Waals surface area contributed by atoms with Gasteiger partial charge in [0.15, 0.2) is 0 Å². The molecular weight excluding hydrogens is 412 g/mol. The summed E-state index contributed by atoms with van der Waals surface area (Å²) < 4.78 is 3.42. The second kappa shape index (κ2) is 10.2. The van der Waals surface area contributed by atoms with E-state index in [1.54, 1.807) is 9.13 Å². The zero-order valence-corrected chi connectivity index (χ0v) is 19.0. The quantitative estimate of drug-likeness (QED) is 0.398. The topological polar surface area (TPSA) is 68.0 Å². The van der Waals surface area contributed by atoms with Gasteiger partial charge >= 0.3 is 5.69 Å². The number of anilines is 2. The van der Waals surface area contributed by atoms with E-state index in [1.165, 1.54) is 6.33 Å². The van der Waals surface area contributed by atoms with Gasteiger partial charge in [-0.1, -0.05) is 25.8 Å². The molecule has 7 heteroatoms. The summed E-state index contributed by atoms with van der Waals surface area (Å²) in [6.45, 7) is 8.03. The zero-order chi connectivity index (χ0) is 23.2. The Morgan fingerprint density at radius 1 is 1.09 bits per heavy atom. The third kappa shape index (κ3) is 4.97. The van der Waals surface area contributed by atoms with E-state index in [4.69, 9.17) is 6.42 Å². The molecule has 2 heterocycles. The second-order valence-electron chi connectivity index (χ2n) is 7.80. The lowest BCUT2D eigenvalue weighted by Gasteiger charge is -2.17. The van der Waals surface area contributed by atoms with Gasteiger partial charge in [0, 0.05) is 35.6 Å². The monoisotopic (exact) mass is 440 g/mol. The molecule has 0 aliphatic rings. The third-order valence-corrected chi connectivity index (χ3v) is 5.80. The minimum atomic E-state index is -0.0537. The molecule has 0 fully saturated rings. The van der Waals surface area contributed by atoms with Gasteiger partial charge in [0.05, 0.1) is 11.2 Å². The molecule has 0 unspecified atom stereocenters. The van der Waals surface area contributed by atoms with E-state index in [2.05, 4.69) is 40.0 Å². The third-order valence-electron chi connectivity index (χ3n) is 5.80. The van der Waals surface area contributed by atoms with E-state index < -0.39 is 0 Å². The summed E-state index contributed by atoms with van der Waals surface area (Å²) in [6, 6.07) is 13.3. The summed E-state index contributed by atoms with van der Waals surface area (Å²) in [5.41, 5.74) is 3.13. The summed E-state index contributed by atoms with van der Waals surface area (Å²) in [6.07, 6.45) is 11.6. The van der Waals surface area contributed by atoms with Gasteiger partial charge in [0.2, 0.25) is 0 Å². The minimum Gasteiger partial charge on any atom is -0.340 e. The van der Waals surface area contributed by atoms with Crippen molar-refractivity contribution < 1.29 is 0 Å². The van der Waals surface area contributed by atoms with Crippen LogP contribution >= 0.6 is 0 Å². The van der Waals surface area contributed by atoms with Gasteiger partial charge in [-0.25, -0.2) is 14.8 Å². The molecule has 2 aromatic carbocycles. The van der Waals surface area contributed by atoms with Crippen LogP contribution in [0.2, 0.25) is 0 Å². The average Bonchev–Trinajstić information content (AvgIpc) is 3.22. The van der Waals surface area contributed by atoms with E-state index in [0.29, 0.717) is 12.4 Å². The smallest absolute Gasteiger partial charge is 0.332 e. The molecular formula is C26H28N6O. The number of fused-ring (bicyclic) bond motifs is 1. The number of imidazole rings is 1.